The number of nitrogens with zero attached hydrogens (tertiary/aromatic N) is 1. The zero-order chi connectivity index (χ0) is 13.2. The second-order valence-electron chi connectivity index (χ2n) is 4.41. The number of benzene rings is 1. The van der Waals surface area contributed by atoms with E-state index >= 15 is 0 Å². The lowest BCUT2D eigenvalue weighted by Crippen LogP contribution is -1.99. The van der Waals surface area contributed by atoms with E-state index in [1.54, 1.807) is 11.3 Å². The molecule has 0 aliphatic carbocycles. The summed E-state index contributed by atoms with van der Waals surface area (Å²) in [7, 11) is 0. The van der Waals surface area contributed by atoms with Crippen LogP contribution in [-0.2, 0) is 6.54 Å². The maximum atomic E-state index is 4.46. The molecule has 0 radical (unpaired) electrons. The molecule has 0 unspecified atom stereocenters. The Morgan fingerprint density at radius 2 is 2.21 bits per heavy atom. The maximum Gasteiger partial charge on any atom is 0.0751 e. The van der Waals surface area contributed by atoms with Crippen molar-refractivity contribution >= 4 is 43.9 Å². The highest BCUT2D eigenvalue weighted by Crippen LogP contribution is 2.26. The van der Waals surface area contributed by atoms with Crippen LogP contribution in [0.5, 0.6) is 0 Å². The Morgan fingerprint density at radius 1 is 1.32 bits per heavy atom. The molecular weight excluding hydrogens is 320 g/mol. The van der Waals surface area contributed by atoms with Gasteiger partial charge in [-0.1, -0.05) is 6.07 Å². The van der Waals surface area contributed by atoms with Crippen LogP contribution in [0, 0.1) is 6.92 Å². The summed E-state index contributed by atoms with van der Waals surface area (Å²) in [5.41, 5.74) is 3.41. The van der Waals surface area contributed by atoms with Crippen LogP contribution in [0.3, 0.4) is 0 Å². The summed E-state index contributed by atoms with van der Waals surface area (Å²) in [5.74, 6) is 0. The van der Waals surface area contributed by atoms with E-state index in [0.717, 1.165) is 22.2 Å². The fraction of sp³-hybridized carbons (Fsp3) is 0.133. The average molecular weight is 333 g/mol. The lowest BCUT2D eigenvalue weighted by molar-refractivity contribution is 1.19. The first-order valence-corrected chi connectivity index (χ1v) is 7.72. The summed E-state index contributed by atoms with van der Waals surface area (Å²) in [6, 6.07) is 10.5. The molecule has 19 heavy (non-hydrogen) atoms. The van der Waals surface area contributed by atoms with E-state index < -0.39 is 0 Å². The predicted molar refractivity (Wildman–Crippen MR) is 85.8 cm³/mol. The van der Waals surface area contributed by atoms with Crippen molar-refractivity contribution in [2.75, 3.05) is 5.32 Å². The van der Waals surface area contributed by atoms with Crippen LogP contribution in [0.2, 0.25) is 0 Å². The highest BCUT2D eigenvalue weighted by atomic mass is 79.9. The van der Waals surface area contributed by atoms with Gasteiger partial charge in [0.1, 0.15) is 0 Å². The van der Waals surface area contributed by atoms with Gasteiger partial charge in [0.15, 0.2) is 0 Å². The van der Waals surface area contributed by atoms with Crippen molar-refractivity contribution in [3.63, 3.8) is 0 Å². The number of rotatable bonds is 3. The number of aromatic nitrogens is 1. The van der Waals surface area contributed by atoms with Gasteiger partial charge in [-0.3, -0.25) is 4.98 Å². The molecule has 0 amide bonds. The summed E-state index contributed by atoms with van der Waals surface area (Å²) in [5, 5.41) is 6.78. The summed E-state index contributed by atoms with van der Waals surface area (Å²) < 4.78 is 1.14. The molecule has 0 atom stereocenters. The molecule has 1 N–H and O–H groups in total. The highest BCUT2D eigenvalue weighted by molar-refractivity contribution is 9.10. The molecular formula is C15H13BrN2S. The molecule has 0 spiro atoms. The van der Waals surface area contributed by atoms with Crippen molar-refractivity contribution in [3.05, 3.63) is 56.8 Å². The third kappa shape index (κ3) is 2.65. The number of nitrogens with one attached hydrogen (secondary N) is 1. The van der Waals surface area contributed by atoms with Crippen molar-refractivity contribution in [2.24, 2.45) is 0 Å². The van der Waals surface area contributed by atoms with Crippen LogP contribution in [-0.4, -0.2) is 4.98 Å². The Hall–Kier alpha value is -1.39. The molecule has 2 nitrogen and oxygen atoms in total. The van der Waals surface area contributed by atoms with Crippen molar-refractivity contribution in [1.82, 2.24) is 4.98 Å². The SMILES string of the molecule is Cc1ccc(NCc2cc(Br)cs2)c2cccnc12. The maximum absolute atomic E-state index is 4.46. The largest absolute Gasteiger partial charge is 0.380 e. The minimum absolute atomic E-state index is 0.837. The standard InChI is InChI=1S/C15H13BrN2S/c1-10-4-5-14(13-3-2-6-17-15(10)13)18-8-12-7-11(16)9-19-12/h2-7,9,18H,8H2,1H3. The van der Waals surface area contributed by atoms with Crippen LogP contribution in [0.25, 0.3) is 10.9 Å². The monoisotopic (exact) mass is 332 g/mol. The lowest BCUT2D eigenvalue weighted by atomic mass is 10.1. The van der Waals surface area contributed by atoms with E-state index in [1.807, 2.05) is 12.3 Å². The topological polar surface area (TPSA) is 24.9 Å². The van der Waals surface area contributed by atoms with Gasteiger partial charge in [0.05, 0.1) is 5.52 Å². The zero-order valence-electron chi connectivity index (χ0n) is 10.5. The van der Waals surface area contributed by atoms with Crippen molar-refractivity contribution in [1.29, 1.82) is 0 Å². The van der Waals surface area contributed by atoms with Gasteiger partial charge in [0, 0.05) is 38.5 Å². The van der Waals surface area contributed by atoms with Crippen molar-refractivity contribution < 1.29 is 0 Å². The Kier molecular flexibility index (Phi) is 3.53. The van der Waals surface area contributed by atoms with Crippen LogP contribution in [0.15, 0.2) is 46.4 Å². The van der Waals surface area contributed by atoms with Crippen LogP contribution in [0.4, 0.5) is 5.69 Å². The Balaban J connectivity index is 1.91. The first kappa shape index (κ1) is 12.6. The van der Waals surface area contributed by atoms with E-state index in [4.69, 9.17) is 0 Å². The van der Waals surface area contributed by atoms with E-state index in [-0.39, 0.29) is 0 Å². The average Bonchev–Trinajstić information content (AvgIpc) is 2.84. The first-order chi connectivity index (χ1) is 9.24. The van der Waals surface area contributed by atoms with Crippen LogP contribution < -0.4 is 5.32 Å². The Labute approximate surface area is 124 Å². The van der Waals surface area contributed by atoms with Gasteiger partial charge in [0.2, 0.25) is 0 Å². The van der Waals surface area contributed by atoms with Gasteiger partial charge in [-0.05, 0) is 52.7 Å². The molecule has 2 aromatic heterocycles. The molecule has 3 rings (SSSR count). The van der Waals surface area contributed by atoms with Gasteiger partial charge >= 0.3 is 0 Å². The first-order valence-electron chi connectivity index (χ1n) is 6.05. The summed E-state index contributed by atoms with van der Waals surface area (Å²) in [4.78, 5) is 5.77. The number of halogens is 1. The lowest BCUT2D eigenvalue weighted by Gasteiger charge is -2.10. The third-order valence-electron chi connectivity index (χ3n) is 3.05. The number of thiophene rings is 1. The van der Waals surface area contributed by atoms with Gasteiger partial charge < -0.3 is 5.32 Å². The quantitative estimate of drug-likeness (QED) is 0.731. The molecule has 0 saturated heterocycles. The normalized spacial score (nSPS) is 10.8. The molecule has 0 aliphatic heterocycles. The number of hydrogen-bond donors (Lipinski definition) is 1. The fourth-order valence-electron chi connectivity index (χ4n) is 2.10. The van der Waals surface area contributed by atoms with Crippen molar-refractivity contribution in [2.45, 2.75) is 13.5 Å². The molecule has 0 aliphatic rings. The van der Waals surface area contributed by atoms with E-state index in [9.17, 15) is 0 Å². The molecule has 3 aromatic rings. The number of fused-ring (bicyclic) bond motifs is 1. The zero-order valence-corrected chi connectivity index (χ0v) is 12.9. The van der Waals surface area contributed by atoms with E-state index in [2.05, 4.69) is 62.8 Å². The highest BCUT2D eigenvalue weighted by Gasteiger charge is 2.04. The van der Waals surface area contributed by atoms with E-state index in [1.165, 1.54) is 15.8 Å². The predicted octanol–water partition coefficient (Wildman–Crippen LogP) is 4.98. The second-order valence-corrected chi connectivity index (χ2v) is 6.33. The Morgan fingerprint density at radius 3 is 3.00 bits per heavy atom. The summed E-state index contributed by atoms with van der Waals surface area (Å²) in [6.07, 6.45) is 1.84. The molecule has 0 saturated carbocycles. The second kappa shape index (κ2) is 5.31. The fourth-order valence-corrected chi connectivity index (χ4v) is 3.49. The summed E-state index contributed by atoms with van der Waals surface area (Å²) >= 11 is 5.23. The third-order valence-corrected chi connectivity index (χ3v) is 4.74. The molecule has 0 bridgehead atoms. The molecule has 0 fully saturated rings. The van der Waals surface area contributed by atoms with E-state index in [0.29, 0.717) is 0 Å². The number of aryl methyl sites for hydroxylation is 1. The number of anilines is 1. The molecule has 1 aromatic carbocycles. The van der Waals surface area contributed by atoms with Crippen molar-refractivity contribution in [3.8, 4) is 0 Å². The molecule has 2 heterocycles. The van der Waals surface area contributed by atoms with Gasteiger partial charge in [0.25, 0.3) is 0 Å². The number of hydrogen-bond acceptors (Lipinski definition) is 3. The minimum atomic E-state index is 0.837. The Bertz CT molecular complexity index is 721. The smallest absolute Gasteiger partial charge is 0.0751 e. The summed E-state index contributed by atoms with van der Waals surface area (Å²) in [6.45, 7) is 2.93. The van der Waals surface area contributed by atoms with Crippen LogP contribution >= 0.6 is 27.3 Å². The number of pyridine rings is 1. The van der Waals surface area contributed by atoms with Gasteiger partial charge in [-0.25, -0.2) is 0 Å². The molecule has 4 heteroatoms. The molecule has 96 valence electrons. The minimum Gasteiger partial charge on any atom is -0.380 e. The van der Waals surface area contributed by atoms with Gasteiger partial charge in [-0.15, -0.1) is 11.3 Å². The van der Waals surface area contributed by atoms with Gasteiger partial charge in [-0.2, -0.15) is 0 Å². The van der Waals surface area contributed by atoms with Crippen LogP contribution in [0.1, 0.15) is 10.4 Å².